The predicted molar refractivity (Wildman–Crippen MR) is 125 cm³/mol. The molecule has 0 spiro atoms. The SMILES string of the molecule is CCCCNC(=O)Nc1ccc(-c2c(N)c3ccc(OC)cc3n2CCCC)cc1. The second-order valence-electron chi connectivity index (χ2n) is 7.46. The number of nitrogens with zero attached hydrogens (tertiary/aromatic N) is 1. The normalized spacial score (nSPS) is 10.9. The van der Waals surface area contributed by atoms with E-state index in [1.54, 1.807) is 7.11 Å². The van der Waals surface area contributed by atoms with Gasteiger partial charge in [0.2, 0.25) is 0 Å². The number of hydrogen-bond acceptors (Lipinski definition) is 3. The second-order valence-corrected chi connectivity index (χ2v) is 7.46. The lowest BCUT2D eigenvalue weighted by Crippen LogP contribution is -2.29. The molecule has 0 fully saturated rings. The average Bonchev–Trinajstić information content (AvgIpc) is 3.04. The first-order valence-electron chi connectivity index (χ1n) is 10.7. The number of fused-ring (bicyclic) bond motifs is 1. The van der Waals surface area contributed by atoms with Crippen molar-refractivity contribution in [2.75, 3.05) is 24.7 Å². The molecule has 1 aromatic heterocycles. The number of nitrogens with one attached hydrogen (secondary N) is 2. The Morgan fingerprint density at radius 3 is 2.47 bits per heavy atom. The summed E-state index contributed by atoms with van der Waals surface area (Å²) in [7, 11) is 1.68. The van der Waals surface area contributed by atoms with E-state index < -0.39 is 0 Å². The molecular weight excluding hydrogens is 376 g/mol. The number of ether oxygens (including phenoxy) is 1. The minimum Gasteiger partial charge on any atom is -0.497 e. The molecule has 0 atom stereocenters. The number of carbonyl (C=O) groups is 1. The van der Waals surface area contributed by atoms with Gasteiger partial charge in [0.1, 0.15) is 5.75 Å². The van der Waals surface area contributed by atoms with Gasteiger partial charge in [-0.3, -0.25) is 0 Å². The van der Waals surface area contributed by atoms with Crippen LogP contribution in [0.1, 0.15) is 39.5 Å². The van der Waals surface area contributed by atoms with Gasteiger partial charge < -0.3 is 25.7 Å². The molecule has 0 radical (unpaired) electrons. The van der Waals surface area contributed by atoms with Crippen LogP contribution in [-0.2, 0) is 6.54 Å². The van der Waals surface area contributed by atoms with Crippen LogP contribution >= 0.6 is 0 Å². The van der Waals surface area contributed by atoms with Crippen molar-refractivity contribution in [3.63, 3.8) is 0 Å². The van der Waals surface area contributed by atoms with E-state index in [2.05, 4.69) is 29.0 Å². The fourth-order valence-electron chi connectivity index (χ4n) is 3.61. The number of nitrogen functional groups attached to an aromatic ring is 1. The van der Waals surface area contributed by atoms with Gasteiger partial charge in [-0.05, 0) is 37.1 Å². The molecule has 0 unspecified atom stereocenters. The number of unbranched alkanes of at least 4 members (excludes halogenated alkanes) is 2. The standard InChI is InChI=1S/C24H32N4O2/c1-4-6-14-26-24(29)27-18-10-8-17(9-11-18)23-22(25)20-13-12-19(30-3)16-21(20)28(23)15-7-5-2/h8-13,16H,4-7,14-15,25H2,1-3H3,(H2,26,27,29). The predicted octanol–water partition coefficient (Wildman–Crippen LogP) is 5.62. The second kappa shape index (κ2) is 10.1. The van der Waals surface area contributed by atoms with E-state index in [4.69, 9.17) is 10.5 Å². The Hall–Kier alpha value is -3.15. The third kappa shape index (κ3) is 4.70. The minimum atomic E-state index is -0.181. The highest BCUT2D eigenvalue weighted by molar-refractivity contribution is 6.01. The molecule has 160 valence electrons. The summed E-state index contributed by atoms with van der Waals surface area (Å²) in [5.74, 6) is 0.818. The summed E-state index contributed by atoms with van der Waals surface area (Å²) in [6, 6.07) is 13.7. The number of amides is 2. The van der Waals surface area contributed by atoms with Crippen LogP contribution in [-0.4, -0.2) is 24.3 Å². The van der Waals surface area contributed by atoms with Crippen LogP contribution in [0.2, 0.25) is 0 Å². The van der Waals surface area contributed by atoms with Crippen LogP contribution in [0, 0.1) is 0 Å². The number of benzene rings is 2. The molecule has 4 N–H and O–H groups in total. The van der Waals surface area contributed by atoms with Crippen molar-refractivity contribution in [3.8, 4) is 17.0 Å². The largest absolute Gasteiger partial charge is 0.497 e. The van der Waals surface area contributed by atoms with Crippen molar-refractivity contribution in [2.24, 2.45) is 0 Å². The summed E-state index contributed by atoms with van der Waals surface area (Å²) in [6.45, 7) is 5.84. The summed E-state index contributed by atoms with van der Waals surface area (Å²) >= 11 is 0. The molecule has 3 rings (SSSR count). The van der Waals surface area contributed by atoms with E-state index in [-0.39, 0.29) is 6.03 Å². The first kappa shape index (κ1) is 21.6. The van der Waals surface area contributed by atoms with Gasteiger partial charge in [-0.25, -0.2) is 4.79 Å². The van der Waals surface area contributed by atoms with Crippen molar-refractivity contribution < 1.29 is 9.53 Å². The quantitative estimate of drug-likeness (QED) is 0.402. The highest BCUT2D eigenvalue weighted by Gasteiger charge is 2.17. The maximum Gasteiger partial charge on any atom is 0.319 e. The molecule has 0 bridgehead atoms. The number of methoxy groups -OCH3 is 1. The van der Waals surface area contributed by atoms with Crippen LogP contribution in [0.5, 0.6) is 5.75 Å². The number of hydrogen-bond donors (Lipinski definition) is 3. The minimum absolute atomic E-state index is 0.181. The third-order valence-corrected chi connectivity index (χ3v) is 5.28. The summed E-state index contributed by atoms with van der Waals surface area (Å²) in [6.07, 6.45) is 4.18. The number of aromatic nitrogens is 1. The van der Waals surface area contributed by atoms with E-state index in [0.717, 1.165) is 71.5 Å². The molecule has 3 aromatic rings. The zero-order chi connectivity index (χ0) is 21.5. The first-order valence-corrected chi connectivity index (χ1v) is 10.7. The molecule has 0 aliphatic heterocycles. The van der Waals surface area contributed by atoms with Gasteiger partial charge in [0.15, 0.2) is 0 Å². The Labute approximate surface area is 178 Å². The van der Waals surface area contributed by atoms with Crippen molar-refractivity contribution in [1.82, 2.24) is 9.88 Å². The van der Waals surface area contributed by atoms with E-state index >= 15 is 0 Å². The maximum absolute atomic E-state index is 12.0. The molecule has 0 aliphatic rings. The van der Waals surface area contributed by atoms with Crippen LogP contribution < -0.4 is 21.1 Å². The molecule has 2 aromatic carbocycles. The molecule has 30 heavy (non-hydrogen) atoms. The van der Waals surface area contributed by atoms with Crippen LogP contribution in [0.4, 0.5) is 16.2 Å². The van der Waals surface area contributed by atoms with Crippen LogP contribution in [0.15, 0.2) is 42.5 Å². The Morgan fingerprint density at radius 2 is 1.80 bits per heavy atom. The topological polar surface area (TPSA) is 81.3 Å². The highest BCUT2D eigenvalue weighted by atomic mass is 16.5. The zero-order valence-corrected chi connectivity index (χ0v) is 18.1. The summed E-state index contributed by atoms with van der Waals surface area (Å²) < 4.78 is 7.70. The van der Waals surface area contributed by atoms with Crippen molar-refractivity contribution in [2.45, 2.75) is 46.1 Å². The number of nitrogens with two attached hydrogens (primary N) is 1. The third-order valence-electron chi connectivity index (χ3n) is 5.28. The summed E-state index contributed by atoms with van der Waals surface area (Å²) in [4.78, 5) is 12.0. The van der Waals surface area contributed by atoms with Gasteiger partial charge >= 0.3 is 6.03 Å². The lowest BCUT2D eigenvalue weighted by Gasteiger charge is -2.13. The van der Waals surface area contributed by atoms with Gasteiger partial charge in [0, 0.05) is 35.8 Å². The highest BCUT2D eigenvalue weighted by Crippen LogP contribution is 2.38. The first-order chi connectivity index (χ1) is 14.6. The van der Waals surface area contributed by atoms with E-state index in [0.29, 0.717) is 6.54 Å². The van der Waals surface area contributed by atoms with Crippen molar-refractivity contribution >= 4 is 28.3 Å². The van der Waals surface area contributed by atoms with Gasteiger partial charge in [0.05, 0.1) is 24.0 Å². The molecule has 0 saturated carbocycles. The Bertz CT molecular complexity index is 993. The number of rotatable bonds is 9. The zero-order valence-electron chi connectivity index (χ0n) is 18.1. The fraction of sp³-hybridized carbons (Fsp3) is 0.375. The van der Waals surface area contributed by atoms with E-state index in [9.17, 15) is 4.79 Å². The van der Waals surface area contributed by atoms with Gasteiger partial charge in [-0.15, -0.1) is 0 Å². The van der Waals surface area contributed by atoms with Gasteiger partial charge in [-0.2, -0.15) is 0 Å². The summed E-state index contributed by atoms with van der Waals surface area (Å²) in [5.41, 5.74) is 11.2. The lowest BCUT2D eigenvalue weighted by molar-refractivity contribution is 0.252. The Kier molecular flexibility index (Phi) is 7.22. The maximum atomic E-state index is 12.0. The number of aryl methyl sites for hydroxylation is 1. The van der Waals surface area contributed by atoms with Gasteiger partial charge in [-0.1, -0.05) is 38.8 Å². The molecule has 2 amide bonds. The average molecular weight is 409 g/mol. The Balaban J connectivity index is 1.91. The molecule has 6 nitrogen and oxygen atoms in total. The molecule has 0 saturated heterocycles. The molecule has 6 heteroatoms. The smallest absolute Gasteiger partial charge is 0.319 e. The monoisotopic (exact) mass is 408 g/mol. The van der Waals surface area contributed by atoms with Gasteiger partial charge in [0.25, 0.3) is 0 Å². The van der Waals surface area contributed by atoms with E-state index in [1.807, 2.05) is 42.5 Å². The Morgan fingerprint density at radius 1 is 1.07 bits per heavy atom. The number of urea groups is 1. The summed E-state index contributed by atoms with van der Waals surface area (Å²) in [5, 5.41) is 6.77. The fourth-order valence-corrected chi connectivity index (χ4v) is 3.61. The van der Waals surface area contributed by atoms with Crippen LogP contribution in [0.3, 0.4) is 0 Å². The van der Waals surface area contributed by atoms with Crippen molar-refractivity contribution in [1.29, 1.82) is 0 Å². The number of carbonyl (C=O) groups excluding carboxylic acids is 1. The molecular formula is C24H32N4O2. The molecule has 0 aliphatic carbocycles. The number of anilines is 2. The van der Waals surface area contributed by atoms with Crippen LogP contribution in [0.25, 0.3) is 22.2 Å². The van der Waals surface area contributed by atoms with E-state index in [1.165, 1.54) is 0 Å². The molecule has 1 heterocycles. The van der Waals surface area contributed by atoms with Crippen molar-refractivity contribution in [3.05, 3.63) is 42.5 Å². The lowest BCUT2D eigenvalue weighted by atomic mass is 10.1.